The smallest absolute Gasteiger partial charge is 0.251 e. The third-order valence-electron chi connectivity index (χ3n) is 8.73. The number of aliphatic imine (C=N–C) groups is 1. The van der Waals surface area contributed by atoms with Crippen molar-refractivity contribution >= 4 is 40.0 Å². The topological polar surface area (TPSA) is 97.2 Å². The zero-order chi connectivity index (χ0) is 35.1. The first kappa shape index (κ1) is 35.7. The van der Waals surface area contributed by atoms with Crippen LogP contribution in [0.15, 0.2) is 64.2 Å². The number of alkyl halides is 2. The Hall–Kier alpha value is -4.55. The van der Waals surface area contributed by atoms with Crippen molar-refractivity contribution in [3.05, 3.63) is 81.6 Å². The van der Waals surface area contributed by atoms with Crippen molar-refractivity contribution in [1.82, 2.24) is 19.8 Å². The van der Waals surface area contributed by atoms with Crippen LogP contribution in [0.2, 0.25) is 0 Å². The van der Waals surface area contributed by atoms with E-state index in [1.807, 2.05) is 56.3 Å². The number of carbonyl (C=O) groups excluding carboxylic acids is 2. The van der Waals surface area contributed by atoms with Crippen LogP contribution in [0.5, 0.6) is 11.6 Å². The van der Waals surface area contributed by atoms with Crippen molar-refractivity contribution in [2.45, 2.75) is 59.0 Å². The zero-order valence-electron chi connectivity index (χ0n) is 28.4. The van der Waals surface area contributed by atoms with Gasteiger partial charge in [0.25, 0.3) is 6.43 Å². The quantitative estimate of drug-likeness (QED) is 0.0774. The maximum Gasteiger partial charge on any atom is 0.251 e. The summed E-state index contributed by atoms with van der Waals surface area (Å²) in [6.07, 6.45) is 2.17. The van der Waals surface area contributed by atoms with Gasteiger partial charge < -0.3 is 14.4 Å². The fourth-order valence-electron chi connectivity index (χ4n) is 6.06. The summed E-state index contributed by atoms with van der Waals surface area (Å²) >= 11 is 1.49. The average Bonchev–Trinajstić information content (AvgIpc) is 3.51. The first-order valence-electron chi connectivity index (χ1n) is 16.1. The van der Waals surface area contributed by atoms with Gasteiger partial charge in [-0.25, -0.2) is 18.8 Å². The molecule has 5 rings (SSSR count). The highest BCUT2D eigenvalue weighted by Gasteiger charge is 2.28. The van der Waals surface area contributed by atoms with E-state index < -0.39 is 13.0 Å². The number of ether oxygens (including phenoxy) is 2. The van der Waals surface area contributed by atoms with Gasteiger partial charge in [-0.05, 0) is 69.9 Å². The number of aryl methyl sites for hydroxylation is 2. The molecule has 1 aliphatic carbocycles. The minimum absolute atomic E-state index is 0.230. The Balaban J connectivity index is 1.27. The van der Waals surface area contributed by atoms with Crippen molar-refractivity contribution in [2.24, 2.45) is 4.99 Å². The summed E-state index contributed by atoms with van der Waals surface area (Å²) in [6.45, 7) is 6.64. The second-order valence-corrected chi connectivity index (χ2v) is 13.1. The summed E-state index contributed by atoms with van der Waals surface area (Å²) in [5, 5.41) is 1.83. The van der Waals surface area contributed by atoms with E-state index in [-0.39, 0.29) is 6.04 Å². The Morgan fingerprint density at radius 1 is 1.14 bits per heavy atom. The van der Waals surface area contributed by atoms with E-state index in [0.717, 1.165) is 56.8 Å². The molecular formula is C37H41F2N5O4S. The number of halogens is 2. The number of nitrogens with zero attached hydrogens (tertiary/aromatic N) is 5. The highest BCUT2D eigenvalue weighted by Crippen LogP contribution is 2.39. The third kappa shape index (κ3) is 8.73. The molecule has 4 aromatic rings. The Morgan fingerprint density at radius 3 is 2.69 bits per heavy atom. The molecule has 0 aliphatic heterocycles. The first-order valence-corrected chi connectivity index (χ1v) is 17.0. The molecule has 0 N–H and O–H groups in total. The predicted octanol–water partition coefficient (Wildman–Crippen LogP) is 7.30. The number of aromatic nitrogens is 2. The lowest BCUT2D eigenvalue weighted by atomic mass is 9.91. The number of carbonyl (C=O) groups is 2. The monoisotopic (exact) mass is 689 g/mol. The van der Waals surface area contributed by atoms with Gasteiger partial charge in [-0.2, -0.15) is 0 Å². The van der Waals surface area contributed by atoms with Crippen LogP contribution in [0.4, 0.5) is 8.78 Å². The molecule has 49 heavy (non-hydrogen) atoms. The van der Waals surface area contributed by atoms with Crippen LogP contribution in [-0.4, -0.2) is 84.5 Å². The number of hydrogen-bond acceptors (Lipinski definition) is 9. The van der Waals surface area contributed by atoms with Crippen LogP contribution in [0.25, 0.3) is 21.3 Å². The van der Waals surface area contributed by atoms with Gasteiger partial charge in [0.05, 0.1) is 36.0 Å². The van der Waals surface area contributed by atoms with Crippen LogP contribution < -0.4 is 9.47 Å². The number of thiophene rings is 1. The molecule has 0 saturated carbocycles. The number of fused-ring (bicyclic) bond motifs is 1. The molecule has 258 valence electrons. The molecule has 1 atom stereocenters. The van der Waals surface area contributed by atoms with E-state index >= 15 is 0 Å². The molecule has 0 fully saturated rings. The van der Waals surface area contributed by atoms with Gasteiger partial charge in [0, 0.05) is 65.4 Å². The average molecular weight is 690 g/mol. The number of rotatable bonds is 14. The van der Waals surface area contributed by atoms with Crippen molar-refractivity contribution in [3.8, 4) is 22.8 Å². The van der Waals surface area contributed by atoms with Crippen LogP contribution in [-0.2, 0) is 11.3 Å². The number of aldehydes is 2. The normalized spacial score (nSPS) is 15.3. The van der Waals surface area contributed by atoms with Gasteiger partial charge in [0.15, 0.2) is 6.29 Å². The summed E-state index contributed by atoms with van der Waals surface area (Å²) in [4.78, 5) is 41.1. The van der Waals surface area contributed by atoms with Crippen LogP contribution >= 0.6 is 11.3 Å². The SMILES string of the molecule is COc1cc(CN(CC(F)F)C2CCC(N=C(C)N(C)CCOc3ccc(C)cc3-c3cc(C)nc4c(C=O)csc34)=C(C=O)C2)ccn1. The highest BCUT2D eigenvalue weighted by molar-refractivity contribution is 7.18. The molecular weight excluding hydrogens is 649 g/mol. The molecule has 12 heteroatoms. The van der Waals surface area contributed by atoms with Gasteiger partial charge in [0.2, 0.25) is 5.88 Å². The van der Waals surface area contributed by atoms with E-state index in [1.165, 1.54) is 18.4 Å². The molecule has 9 nitrogen and oxygen atoms in total. The summed E-state index contributed by atoms with van der Waals surface area (Å²) in [5.41, 5.74) is 7.11. The lowest BCUT2D eigenvalue weighted by Crippen LogP contribution is -2.40. The highest BCUT2D eigenvalue weighted by atomic mass is 32.1. The molecule has 0 bridgehead atoms. The van der Waals surface area contributed by atoms with E-state index in [1.54, 1.807) is 23.2 Å². The van der Waals surface area contributed by atoms with E-state index in [2.05, 4.69) is 16.0 Å². The van der Waals surface area contributed by atoms with Gasteiger partial charge in [-0.15, -0.1) is 11.3 Å². The Kier molecular flexibility index (Phi) is 11.8. The zero-order valence-corrected chi connectivity index (χ0v) is 29.2. The summed E-state index contributed by atoms with van der Waals surface area (Å²) in [7, 11) is 3.43. The van der Waals surface area contributed by atoms with Crippen molar-refractivity contribution in [3.63, 3.8) is 0 Å². The second kappa shape index (κ2) is 16.2. The molecule has 1 aromatic carbocycles. The minimum Gasteiger partial charge on any atom is -0.491 e. The maximum absolute atomic E-state index is 13.6. The first-order chi connectivity index (χ1) is 23.6. The lowest BCUT2D eigenvalue weighted by Gasteiger charge is -2.34. The molecule has 0 saturated heterocycles. The van der Waals surface area contributed by atoms with Crippen molar-refractivity contribution in [1.29, 1.82) is 0 Å². The van der Waals surface area contributed by atoms with Gasteiger partial charge in [-0.1, -0.05) is 11.6 Å². The number of benzene rings is 1. The Bertz CT molecular complexity index is 1870. The van der Waals surface area contributed by atoms with Crippen LogP contribution in [0, 0.1) is 13.8 Å². The standard InChI is InChI=1S/C37H41F2N5O4S/c1-23-6-9-33(30(14-23)31-15-24(2)41-36-28(21-46)22-49-37(31)36)48-13-12-43(4)25(3)42-32-8-7-29(17-27(32)20-45)44(19-34(38)39)18-26-10-11-40-35(16-26)47-5/h6,9-11,14-16,20-22,29,34H,7-8,12-13,17-19H2,1-5H3. The molecule has 1 aliphatic rings. The van der Waals surface area contributed by atoms with E-state index in [0.29, 0.717) is 67.2 Å². The number of hydrogen-bond donors (Lipinski definition) is 0. The Labute approximate surface area is 289 Å². The maximum atomic E-state index is 13.6. The number of amidine groups is 1. The van der Waals surface area contributed by atoms with Crippen molar-refractivity contribution in [2.75, 3.05) is 33.9 Å². The summed E-state index contributed by atoms with van der Waals surface area (Å²) in [5.74, 6) is 1.87. The number of allylic oxidation sites excluding steroid dienone is 1. The summed E-state index contributed by atoms with van der Waals surface area (Å²) < 4.78 is 39.7. The van der Waals surface area contributed by atoms with Gasteiger partial charge in [0.1, 0.15) is 24.5 Å². The summed E-state index contributed by atoms with van der Waals surface area (Å²) in [6, 6.07) is 11.4. The van der Waals surface area contributed by atoms with Crippen LogP contribution in [0.1, 0.15) is 53.4 Å². The van der Waals surface area contributed by atoms with Crippen LogP contribution in [0.3, 0.4) is 0 Å². The number of likely N-dealkylation sites (N-methyl/N-ethyl adjacent to an activating group) is 1. The van der Waals surface area contributed by atoms with Gasteiger partial charge in [-0.3, -0.25) is 19.5 Å². The van der Waals surface area contributed by atoms with Gasteiger partial charge >= 0.3 is 0 Å². The van der Waals surface area contributed by atoms with E-state index in [9.17, 15) is 18.4 Å². The third-order valence-corrected chi connectivity index (χ3v) is 9.75. The van der Waals surface area contributed by atoms with Crippen molar-refractivity contribution < 1.29 is 27.8 Å². The molecule has 0 amide bonds. The largest absolute Gasteiger partial charge is 0.491 e. The molecule has 3 aromatic heterocycles. The number of methoxy groups -OCH3 is 1. The predicted molar refractivity (Wildman–Crippen MR) is 189 cm³/mol. The fraction of sp³-hybridized carbons (Fsp3) is 0.378. The fourth-order valence-corrected chi connectivity index (χ4v) is 7.04. The second-order valence-electron chi connectivity index (χ2n) is 12.2. The Morgan fingerprint density at radius 2 is 1.96 bits per heavy atom. The van der Waals surface area contributed by atoms with E-state index in [4.69, 9.17) is 14.5 Å². The molecule has 0 radical (unpaired) electrons. The molecule has 1 unspecified atom stereocenters. The number of pyridine rings is 2. The lowest BCUT2D eigenvalue weighted by molar-refractivity contribution is -0.105. The molecule has 0 spiro atoms. The minimum atomic E-state index is -2.51. The molecule has 3 heterocycles.